The lowest BCUT2D eigenvalue weighted by atomic mass is 10.0. The molecule has 0 amide bonds. The summed E-state index contributed by atoms with van der Waals surface area (Å²) in [6.45, 7) is 2.72. The summed E-state index contributed by atoms with van der Waals surface area (Å²) >= 11 is 0. The predicted octanol–water partition coefficient (Wildman–Crippen LogP) is 6.93. The van der Waals surface area contributed by atoms with Crippen molar-refractivity contribution < 1.29 is 8.42 Å². The van der Waals surface area contributed by atoms with Crippen molar-refractivity contribution in [2.45, 2.75) is 102 Å². The minimum atomic E-state index is -3.48. The number of benzene rings is 1. The molecule has 0 saturated carbocycles. The largest absolute Gasteiger partial charge is 0.385 e. The lowest BCUT2D eigenvalue weighted by Gasteiger charge is -2.06. The van der Waals surface area contributed by atoms with E-state index < -0.39 is 10.0 Å². The lowest BCUT2D eigenvalue weighted by molar-refractivity contribution is 0.533. The maximum atomic E-state index is 12.2. The maximum absolute atomic E-state index is 12.2. The molecule has 1 N–H and O–H groups in total. The van der Waals surface area contributed by atoms with Gasteiger partial charge in [0.05, 0.1) is 4.90 Å². The first-order valence-electron chi connectivity index (χ1n) is 11.0. The van der Waals surface area contributed by atoms with Gasteiger partial charge >= 0.3 is 5.69 Å². The number of hydrogen-bond acceptors (Lipinski definition) is 3. The molecular formula is C22H38N3O2S+. The van der Waals surface area contributed by atoms with Gasteiger partial charge in [-0.1, -0.05) is 90.4 Å². The summed E-state index contributed by atoms with van der Waals surface area (Å²) in [5.74, 6) is 0. The fourth-order valence-corrected chi connectivity index (χ4v) is 4.38. The number of sulfonamides is 1. The highest BCUT2D eigenvalue weighted by molar-refractivity contribution is 7.89. The Kier molecular flexibility index (Phi) is 13.6. The molecule has 1 rings (SSSR count). The van der Waals surface area contributed by atoms with E-state index in [4.69, 9.17) is 5.39 Å². The van der Waals surface area contributed by atoms with Crippen molar-refractivity contribution in [2.75, 3.05) is 6.54 Å². The predicted molar refractivity (Wildman–Crippen MR) is 117 cm³/mol. The Balaban J connectivity index is 1.95. The van der Waals surface area contributed by atoms with Crippen LogP contribution in [0, 0.1) is 5.39 Å². The quantitative estimate of drug-likeness (QED) is 0.224. The number of diazo groups is 1. The van der Waals surface area contributed by atoms with Crippen molar-refractivity contribution >= 4 is 15.7 Å². The van der Waals surface area contributed by atoms with E-state index in [1.54, 1.807) is 0 Å². The summed E-state index contributed by atoms with van der Waals surface area (Å²) in [5, 5.41) is 8.64. The second-order valence-corrected chi connectivity index (χ2v) is 9.35. The van der Waals surface area contributed by atoms with Gasteiger partial charge < -0.3 is 0 Å². The first-order valence-corrected chi connectivity index (χ1v) is 12.5. The molecule has 0 fully saturated rings. The van der Waals surface area contributed by atoms with Crippen molar-refractivity contribution in [2.24, 2.45) is 0 Å². The lowest BCUT2D eigenvalue weighted by Crippen LogP contribution is -2.24. The highest BCUT2D eigenvalue weighted by Crippen LogP contribution is 2.16. The van der Waals surface area contributed by atoms with Crippen LogP contribution in [0.4, 0.5) is 5.69 Å². The molecule has 1 aromatic carbocycles. The van der Waals surface area contributed by atoms with Gasteiger partial charge in [-0.15, -0.1) is 0 Å². The number of nitrogens with one attached hydrogen (secondary N) is 1. The van der Waals surface area contributed by atoms with Crippen molar-refractivity contribution in [3.05, 3.63) is 29.2 Å². The van der Waals surface area contributed by atoms with Gasteiger partial charge in [-0.2, -0.15) is 0 Å². The van der Waals surface area contributed by atoms with Crippen LogP contribution in [0.2, 0.25) is 0 Å². The number of rotatable bonds is 17. The number of nitrogens with zero attached hydrogens (tertiary/aromatic N) is 2. The normalized spacial score (nSPS) is 11.4. The van der Waals surface area contributed by atoms with E-state index in [9.17, 15) is 8.42 Å². The van der Waals surface area contributed by atoms with E-state index in [1.165, 1.54) is 101 Å². The third-order valence-corrected chi connectivity index (χ3v) is 6.56. The summed E-state index contributed by atoms with van der Waals surface area (Å²) < 4.78 is 27.0. The Bertz CT molecular complexity index is 651. The van der Waals surface area contributed by atoms with Gasteiger partial charge in [-0.05, 0) is 18.6 Å². The van der Waals surface area contributed by atoms with Crippen molar-refractivity contribution in [1.29, 1.82) is 5.39 Å². The first-order chi connectivity index (χ1) is 13.6. The molecule has 0 saturated heterocycles. The van der Waals surface area contributed by atoms with Crippen LogP contribution in [0.5, 0.6) is 0 Å². The molecule has 0 radical (unpaired) electrons. The van der Waals surface area contributed by atoms with Gasteiger partial charge in [0.15, 0.2) is 4.98 Å². The van der Waals surface area contributed by atoms with E-state index >= 15 is 0 Å². The zero-order valence-electron chi connectivity index (χ0n) is 17.5. The molecule has 5 nitrogen and oxygen atoms in total. The zero-order valence-corrected chi connectivity index (χ0v) is 18.4. The molecular weight excluding hydrogens is 370 g/mol. The van der Waals surface area contributed by atoms with Gasteiger partial charge in [-0.3, -0.25) is 0 Å². The molecule has 0 aliphatic heterocycles. The van der Waals surface area contributed by atoms with Crippen LogP contribution in [0.1, 0.15) is 96.8 Å². The van der Waals surface area contributed by atoms with Crippen molar-refractivity contribution in [3.63, 3.8) is 0 Å². The van der Waals surface area contributed by atoms with Crippen LogP contribution >= 0.6 is 0 Å². The van der Waals surface area contributed by atoms with Gasteiger partial charge in [0, 0.05) is 18.7 Å². The summed E-state index contributed by atoms with van der Waals surface area (Å²) in [4.78, 5) is 3.22. The maximum Gasteiger partial charge on any atom is 0.385 e. The molecule has 0 aliphatic rings. The minimum Gasteiger partial charge on any atom is -0.211 e. The molecule has 28 heavy (non-hydrogen) atoms. The van der Waals surface area contributed by atoms with Crippen LogP contribution in [0.15, 0.2) is 29.2 Å². The molecule has 0 unspecified atom stereocenters. The van der Waals surface area contributed by atoms with Crippen LogP contribution in [-0.2, 0) is 10.0 Å². The Hall–Kier alpha value is -1.45. The second-order valence-electron chi connectivity index (χ2n) is 7.59. The molecule has 0 aromatic heterocycles. The smallest absolute Gasteiger partial charge is 0.211 e. The van der Waals surface area contributed by atoms with Gasteiger partial charge in [0.1, 0.15) is 0 Å². The van der Waals surface area contributed by atoms with E-state index in [1.807, 2.05) is 0 Å². The van der Waals surface area contributed by atoms with Gasteiger partial charge in [0.2, 0.25) is 15.4 Å². The van der Waals surface area contributed by atoms with Crippen LogP contribution in [0.25, 0.3) is 4.98 Å². The third-order valence-electron chi connectivity index (χ3n) is 5.08. The molecule has 0 atom stereocenters. The SMILES string of the molecule is CCCCCCCCCCCCCCCCNS(=O)(=O)c1ccc([N+]#N)cc1. The highest BCUT2D eigenvalue weighted by atomic mass is 32.2. The Labute approximate surface area is 172 Å². The number of unbranched alkanes of at least 4 members (excludes halogenated alkanes) is 13. The average Bonchev–Trinajstić information content (AvgIpc) is 2.71. The molecule has 0 bridgehead atoms. The van der Waals surface area contributed by atoms with Crippen LogP contribution < -0.4 is 4.72 Å². The van der Waals surface area contributed by atoms with Gasteiger partial charge in [0.25, 0.3) is 0 Å². The van der Waals surface area contributed by atoms with Crippen molar-refractivity contribution in [1.82, 2.24) is 4.72 Å². The minimum absolute atomic E-state index is 0.199. The third kappa shape index (κ3) is 11.4. The molecule has 0 aliphatic carbocycles. The molecule has 0 spiro atoms. The topological polar surface area (TPSA) is 74.3 Å². The summed E-state index contributed by atoms with van der Waals surface area (Å²) in [7, 11) is -3.48. The molecule has 6 heteroatoms. The summed E-state index contributed by atoms with van der Waals surface area (Å²) in [5.41, 5.74) is 0.339. The van der Waals surface area contributed by atoms with E-state index in [2.05, 4.69) is 16.6 Å². The first kappa shape index (κ1) is 24.6. The van der Waals surface area contributed by atoms with E-state index in [0.29, 0.717) is 12.2 Å². The monoisotopic (exact) mass is 408 g/mol. The van der Waals surface area contributed by atoms with Crippen molar-refractivity contribution in [3.8, 4) is 0 Å². The van der Waals surface area contributed by atoms with Crippen LogP contribution in [-0.4, -0.2) is 15.0 Å². The summed E-state index contributed by atoms with van der Waals surface area (Å²) in [6.07, 6.45) is 18.0. The Morgan fingerprint density at radius 2 is 1.18 bits per heavy atom. The highest BCUT2D eigenvalue weighted by Gasteiger charge is 2.14. The Morgan fingerprint density at radius 1 is 0.750 bits per heavy atom. The van der Waals surface area contributed by atoms with Gasteiger partial charge in [-0.25, -0.2) is 13.1 Å². The second kappa shape index (κ2) is 15.5. The molecule has 0 heterocycles. The Morgan fingerprint density at radius 3 is 1.61 bits per heavy atom. The van der Waals surface area contributed by atoms with E-state index in [-0.39, 0.29) is 4.90 Å². The fraction of sp³-hybridized carbons (Fsp3) is 0.727. The molecule has 1 aromatic rings. The molecule has 158 valence electrons. The van der Waals surface area contributed by atoms with Crippen LogP contribution in [0.3, 0.4) is 0 Å². The average molecular weight is 409 g/mol. The standard InChI is InChI=1S/C22H38N3O2S/c1-2-3-4-5-6-7-8-9-10-11-12-13-14-15-20-24-28(26,27)22-18-16-21(25-23)17-19-22/h16-19,24H,2-15,20H2,1H3/q+1. The zero-order chi connectivity index (χ0) is 20.5. The fourth-order valence-electron chi connectivity index (χ4n) is 3.30. The van der Waals surface area contributed by atoms with E-state index in [0.717, 1.165) is 12.8 Å². The number of hydrogen-bond donors (Lipinski definition) is 1. The summed E-state index contributed by atoms with van der Waals surface area (Å²) in [6, 6.07) is 5.84.